The zero-order valence-electron chi connectivity index (χ0n) is 9.60. The Morgan fingerprint density at radius 2 is 2.06 bits per heavy atom. The number of fused-ring (bicyclic) bond motifs is 1. The predicted molar refractivity (Wildman–Crippen MR) is 68.2 cm³/mol. The van der Waals surface area contributed by atoms with Gasteiger partial charge < -0.3 is 15.2 Å². The molecule has 2 N–H and O–H groups in total. The largest absolute Gasteiger partial charge is 0.486 e. The van der Waals surface area contributed by atoms with Crippen LogP contribution in [0.4, 0.5) is 5.82 Å². The van der Waals surface area contributed by atoms with E-state index in [0.29, 0.717) is 30.6 Å². The lowest BCUT2D eigenvalue weighted by Gasteiger charge is -2.19. The maximum Gasteiger partial charge on any atom is 0.161 e. The molecule has 0 unspecified atom stereocenters. The Morgan fingerprint density at radius 1 is 1.28 bits per heavy atom. The zero-order chi connectivity index (χ0) is 12.5. The fourth-order valence-electron chi connectivity index (χ4n) is 1.86. The molecule has 0 aliphatic carbocycles. The maximum atomic E-state index is 5.86. The van der Waals surface area contributed by atoms with E-state index in [1.54, 1.807) is 4.68 Å². The summed E-state index contributed by atoms with van der Waals surface area (Å²) in [5.41, 5.74) is 6.83. The molecule has 0 saturated heterocycles. The zero-order valence-corrected chi connectivity index (χ0v) is 10.4. The van der Waals surface area contributed by atoms with E-state index in [2.05, 4.69) is 5.10 Å². The molecule has 94 valence electrons. The Labute approximate surface area is 109 Å². The SMILES string of the molecule is Nc1c(Cl)cnn1Cc1ccc2c(c1)OCCO2. The minimum absolute atomic E-state index is 0.464. The molecule has 0 fully saturated rings. The third-order valence-corrected chi connectivity index (χ3v) is 3.06. The van der Waals surface area contributed by atoms with Crippen molar-refractivity contribution in [3.8, 4) is 11.5 Å². The van der Waals surface area contributed by atoms with Gasteiger partial charge in [0.1, 0.15) is 24.1 Å². The van der Waals surface area contributed by atoms with Crippen LogP contribution in [-0.4, -0.2) is 23.0 Å². The van der Waals surface area contributed by atoms with Crippen LogP contribution in [0.1, 0.15) is 5.56 Å². The Hall–Kier alpha value is -1.88. The molecule has 5 nitrogen and oxygen atoms in total. The van der Waals surface area contributed by atoms with E-state index < -0.39 is 0 Å². The Balaban J connectivity index is 1.87. The average Bonchev–Trinajstić information content (AvgIpc) is 2.71. The van der Waals surface area contributed by atoms with Gasteiger partial charge in [-0.15, -0.1) is 0 Å². The van der Waals surface area contributed by atoms with Crippen molar-refractivity contribution < 1.29 is 9.47 Å². The fraction of sp³-hybridized carbons (Fsp3) is 0.250. The number of hydrogen-bond donors (Lipinski definition) is 1. The quantitative estimate of drug-likeness (QED) is 0.901. The van der Waals surface area contributed by atoms with Gasteiger partial charge in [0, 0.05) is 0 Å². The van der Waals surface area contributed by atoms with Gasteiger partial charge >= 0.3 is 0 Å². The van der Waals surface area contributed by atoms with Crippen LogP contribution in [0, 0.1) is 0 Å². The summed E-state index contributed by atoms with van der Waals surface area (Å²) in [6, 6.07) is 5.79. The van der Waals surface area contributed by atoms with Crippen molar-refractivity contribution in [3.05, 3.63) is 35.0 Å². The second kappa shape index (κ2) is 4.42. The van der Waals surface area contributed by atoms with Crippen LogP contribution in [0.2, 0.25) is 5.02 Å². The van der Waals surface area contributed by atoms with Crippen molar-refractivity contribution in [2.24, 2.45) is 0 Å². The molecule has 1 aliphatic rings. The number of nitrogen functional groups attached to an aromatic ring is 1. The van der Waals surface area contributed by atoms with Gasteiger partial charge in [-0.1, -0.05) is 17.7 Å². The minimum atomic E-state index is 0.464. The van der Waals surface area contributed by atoms with Gasteiger partial charge in [0.25, 0.3) is 0 Å². The normalized spacial score (nSPS) is 13.6. The molecule has 18 heavy (non-hydrogen) atoms. The summed E-state index contributed by atoms with van der Waals surface area (Å²) in [5.74, 6) is 2.00. The summed E-state index contributed by atoms with van der Waals surface area (Å²) in [5, 5.41) is 4.58. The minimum Gasteiger partial charge on any atom is -0.486 e. The number of ether oxygens (including phenoxy) is 2. The summed E-state index contributed by atoms with van der Waals surface area (Å²) < 4.78 is 12.6. The van der Waals surface area contributed by atoms with E-state index in [0.717, 1.165) is 17.1 Å². The molecule has 0 amide bonds. The highest BCUT2D eigenvalue weighted by Gasteiger charge is 2.12. The first-order valence-electron chi connectivity index (χ1n) is 5.59. The van der Waals surface area contributed by atoms with Crippen molar-refractivity contribution in [2.75, 3.05) is 18.9 Å². The van der Waals surface area contributed by atoms with E-state index >= 15 is 0 Å². The number of nitrogens with two attached hydrogens (primary N) is 1. The van der Waals surface area contributed by atoms with Gasteiger partial charge in [0.2, 0.25) is 0 Å². The molecular formula is C12H12ClN3O2. The van der Waals surface area contributed by atoms with Gasteiger partial charge in [-0.2, -0.15) is 5.10 Å². The third kappa shape index (κ3) is 1.97. The number of benzene rings is 1. The number of aromatic nitrogens is 2. The number of rotatable bonds is 2. The van der Waals surface area contributed by atoms with Crippen molar-refractivity contribution in [1.29, 1.82) is 0 Å². The first-order valence-corrected chi connectivity index (χ1v) is 5.97. The topological polar surface area (TPSA) is 62.3 Å². The first-order chi connectivity index (χ1) is 8.74. The smallest absolute Gasteiger partial charge is 0.161 e. The fourth-order valence-corrected chi connectivity index (χ4v) is 2.00. The Morgan fingerprint density at radius 3 is 2.78 bits per heavy atom. The van der Waals surface area contributed by atoms with Crippen LogP contribution in [0.25, 0.3) is 0 Å². The molecule has 1 aliphatic heterocycles. The Kier molecular flexibility index (Phi) is 2.76. The molecular weight excluding hydrogens is 254 g/mol. The van der Waals surface area contributed by atoms with Crippen molar-refractivity contribution in [2.45, 2.75) is 6.54 Å². The molecule has 2 aromatic rings. The molecule has 2 heterocycles. The van der Waals surface area contributed by atoms with Gasteiger partial charge in [-0.25, -0.2) is 4.68 Å². The van der Waals surface area contributed by atoms with Crippen molar-refractivity contribution in [3.63, 3.8) is 0 Å². The number of hydrogen-bond acceptors (Lipinski definition) is 4. The standard InChI is InChI=1S/C12H12ClN3O2/c13-9-6-15-16(12(9)14)7-8-1-2-10-11(5-8)18-4-3-17-10/h1-2,5-6H,3-4,7,14H2. The van der Waals surface area contributed by atoms with Gasteiger partial charge in [0.15, 0.2) is 11.5 Å². The summed E-state index contributed by atoms with van der Waals surface area (Å²) in [6.07, 6.45) is 1.54. The van der Waals surface area contributed by atoms with Crippen molar-refractivity contribution in [1.82, 2.24) is 9.78 Å². The molecule has 6 heteroatoms. The lowest BCUT2D eigenvalue weighted by atomic mass is 10.2. The third-order valence-electron chi connectivity index (χ3n) is 2.77. The first kappa shape index (κ1) is 11.2. The monoisotopic (exact) mass is 265 g/mol. The second-order valence-electron chi connectivity index (χ2n) is 4.01. The van der Waals surface area contributed by atoms with Crippen LogP contribution >= 0.6 is 11.6 Å². The highest BCUT2D eigenvalue weighted by Crippen LogP contribution is 2.31. The van der Waals surface area contributed by atoms with E-state index in [-0.39, 0.29) is 0 Å². The molecule has 1 aromatic heterocycles. The van der Waals surface area contributed by atoms with Crippen LogP contribution in [-0.2, 0) is 6.54 Å². The lowest BCUT2D eigenvalue weighted by molar-refractivity contribution is 0.171. The van der Waals surface area contributed by atoms with Crippen LogP contribution < -0.4 is 15.2 Å². The van der Waals surface area contributed by atoms with E-state index in [1.807, 2.05) is 18.2 Å². The molecule has 0 spiro atoms. The highest BCUT2D eigenvalue weighted by atomic mass is 35.5. The number of anilines is 1. The van der Waals surface area contributed by atoms with E-state index in [9.17, 15) is 0 Å². The summed E-state index contributed by atoms with van der Waals surface area (Å²) >= 11 is 5.86. The van der Waals surface area contributed by atoms with Crippen LogP contribution in [0.5, 0.6) is 11.5 Å². The number of nitrogens with zero attached hydrogens (tertiary/aromatic N) is 2. The number of halogens is 1. The molecule has 1 aromatic carbocycles. The Bertz CT molecular complexity index is 583. The molecule has 0 radical (unpaired) electrons. The van der Waals surface area contributed by atoms with E-state index in [1.165, 1.54) is 6.20 Å². The summed E-state index contributed by atoms with van der Waals surface area (Å²) in [7, 11) is 0. The maximum absolute atomic E-state index is 5.86. The van der Waals surface area contributed by atoms with Gasteiger partial charge in [-0.3, -0.25) is 0 Å². The summed E-state index contributed by atoms with van der Waals surface area (Å²) in [6.45, 7) is 1.72. The van der Waals surface area contributed by atoms with Crippen LogP contribution in [0.15, 0.2) is 24.4 Å². The van der Waals surface area contributed by atoms with Gasteiger partial charge in [-0.05, 0) is 17.7 Å². The summed E-state index contributed by atoms with van der Waals surface area (Å²) in [4.78, 5) is 0. The van der Waals surface area contributed by atoms with Gasteiger partial charge in [0.05, 0.1) is 12.7 Å². The highest BCUT2D eigenvalue weighted by molar-refractivity contribution is 6.32. The average molecular weight is 266 g/mol. The second-order valence-corrected chi connectivity index (χ2v) is 4.42. The molecule has 3 rings (SSSR count). The molecule has 0 bridgehead atoms. The predicted octanol–water partition coefficient (Wildman–Crippen LogP) is 1.94. The van der Waals surface area contributed by atoms with Crippen LogP contribution in [0.3, 0.4) is 0 Å². The van der Waals surface area contributed by atoms with Crippen molar-refractivity contribution >= 4 is 17.4 Å². The van der Waals surface area contributed by atoms with E-state index in [4.69, 9.17) is 26.8 Å². The lowest BCUT2D eigenvalue weighted by Crippen LogP contribution is -2.15. The molecule has 0 saturated carbocycles. The molecule has 0 atom stereocenters.